The summed E-state index contributed by atoms with van der Waals surface area (Å²) in [5.41, 5.74) is 1.84. The van der Waals surface area contributed by atoms with Gasteiger partial charge in [-0.2, -0.15) is 0 Å². The molecule has 0 spiro atoms. The summed E-state index contributed by atoms with van der Waals surface area (Å²) in [5.74, 6) is 0.183. The van der Waals surface area contributed by atoms with E-state index in [0.29, 0.717) is 17.4 Å². The average molecular weight is 382 g/mol. The van der Waals surface area contributed by atoms with Crippen LogP contribution in [0.2, 0.25) is 5.02 Å². The second-order valence-electron chi connectivity index (χ2n) is 4.46. The van der Waals surface area contributed by atoms with Crippen molar-refractivity contribution in [2.45, 2.75) is 6.61 Å². The molecule has 0 radical (unpaired) electrons. The molecule has 22 heavy (non-hydrogen) atoms. The lowest BCUT2D eigenvalue weighted by molar-refractivity contribution is -0.134. The highest BCUT2D eigenvalue weighted by Gasteiger charge is 2.03. The first-order chi connectivity index (χ1) is 10.6. The minimum Gasteiger partial charge on any atom is -0.487 e. The molecule has 0 aliphatic heterocycles. The second kappa shape index (κ2) is 8.01. The lowest BCUT2D eigenvalue weighted by Crippen LogP contribution is -1.96. The van der Waals surface area contributed by atoms with Gasteiger partial charge in [-0.1, -0.05) is 45.7 Å². The van der Waals surface area contributed by atoms with Crippen LogP contribution in [0, 0.1) is 0 Å². The molecule has 0 N–H and O–H groups in total. The summed E-state index contributed by atoms with van der Waals surface area (Å²) < 4.78 is 11.2. The van der Waals surface area contributed by atoms with Gasteiger partial charge in [-0.3, -0.25) is 0 Å². The van der Waals surface area contributed by atoms with Crippen molar-refractivity contribution in [1.29, 1.82) is 0 Å². The van der Waals surface area contributed by atoms with Gasteiger partial charge in [-0.15, -0.1) is 0 Å². The summed E-state index contributed by atoms with van der Waals surface area (Å²) in [6, 6.07) is 13.2. The number of carbonyl (C=O) groups excluding carboxylic acids is 1. The number of ether oxygens (including phenoxy) is 2. The highest BCUT2D eigenvalue weighted by Crippen LogP contribution is 2.27. The van der Waals surface area contributed by atoms with Crippen molar-refractivity contribution in [2.24, 2.45) is 0 Å². The van der Waals surface area contributed by atoms with E-state index < -0.39 is 5.97 Å². The van der Waals surface area contributed by atoms with Gasteiger partial charge in [0.25, 0.3) is 0 Å². The molecule has 2 rings (SSSR count). The van der Waals surface area contributed by atoms with Gasteiger partial charge in [0, 0.05) is 10.5 Å². The number of methoxy groups -OCH3 is 1. The Morgan fingerprint density at radius 1 is 1.27 bits per heavy atom. The van der Waals surface area contributed by atoms with Gasteiger partial charge >= 0.3 is 5.97 Å². The molecule has 5 heteroatoms. The fourth-order valence-corrected chi connectivity index (χ4v) is 2.45. The zero-order chi connectivity index (χ0) is 15.9. The minimum atomic E-state index is -0.411. The first-order valence-corrected chi connectivity index (χ1v) is 7.68. The Kier molecular flexibility index (Phi) is 6.04. The fourth-order valence-electron chi connectivity index (χ4n) is 1.76. The Balaban J connectivity index is 2.03. The smallest absolute Gasteiger partial charge is 0.330 e. The minimum absolute atomic E-state index is 0.411. The standard InChI is InChI=1S/C17H14BrClO3/c1-21-17(20)8-6-12-5-7-16(15(19)10-12)22-11-13-3-2-4-14(18)9-13/h2-10H,11H2,1H3/b8-6+. The Morgan fingerprint density at radius 2 is 2.09 bits per heavy atom. The number of hydrogen-bond acceptors (Lipinski definition) is 3. The summed E-state index contributed by atoms with van der Waals surface area (Å²) >= 11 is 9.61. The van der Waals surface area contributed by atoms with Crippen LogP contribution in [0.3, 0.4) is 0 Å². The van der Waals surface area contributed by atoms with E-state index in [9.17, 15) is 4.79 Å². The fraction of sp³-hybridized carbons (Fsp3) is 0.118. The maximum Gasteiger partial charge on any atom is 0.330 e. The lowest BCUT2D eigenvalue weighted by atomic mass is 10.2. The predicted octanol–water partition coefficient (Wildman–Crippen LogP) is 4.87. The first kappa shape index (κ1) is 16.6. The number of esters is 1. The molecule has 0 aliphatic carbocycles. The number of rotatable bonds is 5. The average Bonchev–Trinajstić information content (AvgIpc) is 2.51. The van der Waals surface area contributed by atoms with E-state index in [0.717, 1.165) is 15.6 Å². The largest absolute Gasteiger partial charge is 0.487 e. The van der Waals surface area contributed by atoms with Crippen LogP contribution < -0.4 is 4.74 Å². The Hall–Kier alpha value is -1.78. The summed E-state index contributed by atoms with van der Waals surface area (Å²) in [6.45, 7) is 0.427. The van der Waals surface area contributed by atoms with Gasteiger partial charge in [0.15, 0.2) is 0 Å². The number of hydrogen-bond donors (Lipinski definition) is 0. The van der Waals surface area contributed by atoms with Crippen molar-refractivity contribution < 1.29 is 14.3 Å². The van der Waals surface area contributed by atoms with E-state index in [1.54, 1.807) is 18.2 Å². The maximum absolute atomic E-state index is 11.1. The van der Waals surface area contributed by atoms with Crippen molar-refractivity contribution in [2.75, 3.05) is 7.11 Å². The van der Waals surface area contributed by atoms with E-state index in [1.165, 1.54) is 13.2 Å². The van der Waals surface area contributed by atoms with Crippen LogP contribution in [-0.2, 0) is 16.1 Å². The topological polar surface area (TPSA) is 35.5 Å². The van der Waals surface area contributed by atoms with Crippen molar-refractivity contribution >= 4 is 39.6 Å². The van der Waals surface area contributed by atoms with Gasteiger partial charge < -0.3 is 9.47 Å². The third-order valence-electron chi connectivity index (χ3n) is 2.85. The quantitative estimate of drug-likeness (QED) is 0.547. The summed E-state index contributed by atoms with van der Waals surface area (Å²) in [6.07, 6.45) is 2.98. The molecule has 3 nitrogen and oxygen atoms in total. The van der Waals surface area contributed by atoms with E-state index in [4.69, 9.17) is 16.3 Å². The van der Waals surface area contributed by atoms with Crippen molar-refractivity contribution in [3.63, 3.8) is 0 Å². The zero-order valence-corrected chi connectivity index (χ0v) is 14.2. The van der Waals surface area contributed by atoms with Gasteiger partial charge in [-0.25, -0.2) is 4.79 Å². The molecule has 0 fully saturated rings. The molecule has 0 saturated carbocycles. The Labute approximate surface area is 142 Å². The highest BCUT2D eigenvalue weighted by atomic mass is 79.9. The maximum atomic E-state index is 11.1. The van der Waals surface area contributed by atoms with Crippen LogP contribution in [-0.4, -0.2) is 13.1 Å². The normalized spacial score (nSPS) is 10.7. The summed E-state index contributed by atoms with van der Waals surface area (Å²) in [7, 11) is 1.33. The van der Waals surface area contributed by atoms with Crippen molar-refractivity contribution in [1.82, 2.24) is 0 Å². The number of carbonyl (C=O) groups is 1. The molecular formula is C17H14BrClO3. The van der Waals surface area contributed by atoms with Crippen LogP contribution in [0.5, 0.6) is 5.75 Å². The van der Waals surface area contributed by atoms with E-state index >= 15 is 0 Å². The van der Waals surface area contributed by atoms with Crippen molar-refractivity contribution in [3.8, 4) is 5.75 Å². The van der Waals surface area contributed by atoms with E-state index in [2.05, 4.69) is 20.7 Å². The Morgan fingerprint density at radius 3 is 2.77 bits per heavy atom. The molecule has 0 unspecified atom stereocenters. The van der Waals surface area contributed by atoms with Gasteiger partial charge in [-0.05, 0) is 41.5 Å². The predicted molar refractivity (Wildman–Crippen MR) is 91.0 cm³/mol. The van der Waals surface area contributed by atoms with Crippen LogP contribution in [0.15, 0.2) is 53.0 Å². The van der Waals surface area contributed by atoms with Gasteiger partial charge in [0.1, 0.15) is 12.4 Å². The SMILES string of the molecule is COC(=O)/C=C/c1ccc(OCc2cccc(Br)c2)c(Cl)c1. The highest BCUT2D eigenvalue weighted by molar-refractivity contribution is 9.10. The van der Waals surface area contributed by atoms with Crippen molar-refractivity contribution in [3.05, 3.63) is 69.2 Å². The molecule has 2 aromatic rings. The Bertz CT molecular complexity index is 698. The van der Waals surface area contributed by atoms with Crippen LogP contribution >= 0.6 is 27.5 Å². The van der Waals surface area contributed by atoms with Crippen LogP contribution in [0.1, 0.15) is 11.1 Å². The molecule has 0 aromatic heterocycles. The van der Waals surface area contributed by atoms with E-state index in [-0.39, 0.29) is 0 Å². The van der Waals surface area contributed by atoms with Crippen LogP contribution in [0.4, 0.5) is 0 Å². The molecule has 114 valence electrons. The number of benzene rings is 2. The third kappa shape index (κ3) is 4.90. The summed E-state index contributed by atoms with van der Waals surface area (Å²) in [5, 5.41) is 0.488. The van der Waals surface area contributed by atoms with Gasteiger partial charge in [0.05, 0.1) is 12.1 Å². The molecule has 2 aromatic carbocycles. The molecule has 0 amide bonds. The second-order valence-corrected chi connectivity index (χ2v) is 5.79. The zero-order valence-electron chi connectivity index (χ0n) is 11.9. The molecule has 0 saturated heterocycles. The molecule has 0 bridgehead atoms. The molecule has 0 atom stereocenters. The molecule has 0 heterocycles. The summed E-state index contributed by atoms with van der Waals surface area (Å²) in [4.78, 5) is 11.1. The van der Waals surface area contributed by atoms with Gasteiger partial charge in [0.2, 0.25) is 0 Å². The molecule has 0 aliphatic rings. The third-order valence-corrected chi connectivity index (χ3v) is 3.64. The van der Waals surface area contributed by atoms with Crippen LogP contribution in [0.25, 0.3) is 6.08 Å². The molecular weight excluding hydrogens is 368 g/mol. The number of halogens is 2. The van der Waals surface area contributed by atoms with E-state index in [1.807, 2.05) is 30.3 Å². The first-order valence-electron chi connectivity index (χ1n) is 6.51. The lowest BCUT2D eigenvalue weighted by Gasteiger charge is -2.09. The monoisotopic (exact) mass is 380 g/mol.